The third-order valence-corrected chi connectivity index (χ3v) is 5.00. The van der Waals surface area contributed by atoms with Crippen molar-refractivity contribution >= 4 is 5.69 Å². The predicted molar refractivity (Wildman–Crippen MR) is 90.0 cm³/mol. The molecule has 0 spiro atoms. The lowest BCUT2D eigenvalue weighted by molar-refractivity contribution is 0.248. The van der Waals surface area contributed by atoms with Gasteiger partial charge in [-0.3, -0.25) is 4.90 Å². The number of nitrogens with two attached hydrogens (primary N) is 1. The number of nitrogens with zero attached hydrogens (tertiary/aromatic N) is 2. The van der Waals surface area contributed by atoms with Crippen molar-refractivity contribution in [3.8, 4) is 0 Å². The van der Waals surface area contributed by atoms with Gasteiger partial charge in [0.2, 0.25) is 0 Å². The van der Waals surface area contributed by atoms with Gasteiger partial charge in [0, 0.05) is 44.0 Å². The maximum atomic E-state index is 6.07. The van der Waals surface area contributed by atoms with Crippen LogP contribution >= 0.6 is 0 Å². The molecule has 1 aliphatic heterocycles. The van der Waals surface area contributed by atoms with Crippen LogP contribution in [0, 0.1) is 6.92 Å². The van der Waals surface area contributed by atoms with Crippen molar-refractivity contribution in [2.24, 2.45) is 5.73 Å². The van der Waals surface area contributed by atoms with E-state index in [9.17, 15) is 0 Å². The number of hydrogen-bond donors (Lipinski definition) is 1. The molecule has 0 radical (unpaired) electrons. The first-order valence-corrected chi connectivity index (χ1v) is 8.51. The van der Waals surface area contributed by atoms with E-state index in [4.69, 9.17) is 5.73 Å². The number of anilines is 1. The van der Waals surface area contributed by atoms with E-state index in [1.807, 2.05) is 0 Å². The summed E-state index contributed by atoms with van der Waals surface area (Å²) >= 11 is 0. The third-order valence-electron chi connectivity index (χ3n) is 5.00. The van der Waals surface area contributed by atoms with Gasteiger partial charge in [0.1, 0.15) is 0 Å². The quantitative estimate of drug-likeness (QED) is 0.903. The Morgan fingerprint density at radius 2 is 1.90 bits per heavy atom. The van der Waals surface area contributed by atoms with E-state index in [-0.39, 0.29) is 6.04 Å². The maximum absolute atomic E-state index is 6.07. The summed E-state index contributed by atoms with van der Waals surface area (Å²) in [4.78, 5) is 5.22. The van der Waals surface area contributed by atoms with Crippen LogP contribution in [0.25, 0.3) is 0 Å². The molecule has 1 aliphatic carbocycles. The fraction of sp³-hybridized carbons (Fsp3) is 0.667. The second-order valence-electron chi connectivity index (χ2n) is 6.75. The highest BCUT2D eigenvalue weighted by Gasteiger charge is 2.31. The van der Waals surface area contributed by atoms with Crippen LogP contribution in [0.15, 0.2) is 18.2 Å². The molecule has 21 heavy (non-hydrogen) atoms. The second-order valence-corrected chi connectivity index (χ2v) is 6.75. The third kappa shape index (κ3) is 3.58. The monoisotopic (exact) mass is 287 g/mol. The van der Waals surface area contributed by atoms with Crippen LogP contribution in [0.2, 0.25) is 0 Å². The first kappa shape index (κ1) is 14.9. The first-order valence-electron chi connectivity index (χ1n) is 8.51. The van der Waals surface area contributed by atoms with Crippen molar-refractivity contribution in [3.63, 3.8) is 0 Å². The van der Waals surface area contributed by atoms with Gasteiger partial charge < -0.3 is 10.6 Å². The maximum Gasteiger partial charge on any atom is 0.0397 e. The molecule has 1 aromatic rings. The first-order chi connectivity index (χ1) is 10.2. The summed E-state index contributed by atoms with van der Waals surface area (Å²) in [5.74, 6) is 0. The fourth-order valence-electron chi connectivity index (χ4n) is 3.41. The van der Waals surface area contributed by atoms with Gasteiger partial charge in [0.05, 0.1) is 0 Å². The van der Waals surface area contributed by atoms with Crippen molar-refractivity contribution in [2.75, 3.05) is 31.1 Å². The average molecular weight is 287 g/mol. The van der Waals surface area contributed by atoms with Crippen molar-refractivity contribution in [2.45, 2.75) is 51.6 Å². The Balaban J connectivity index is 1.62. The van der Waals surface area contributed by atoms with Crippen LogP contribution in [0.1, 0.15) is 37.3 Å². The van der Waals surface area contributed by atoms with Crippen LogP contribution in [-0.2, 0) is 6.42 Å². The van der Waals surface area contributed by atoms with Gasteiger partial charge in [0.15, 0.2) is 0 Å². The SMILES string of the molecule is CCC(N)Cc1ccc(N2CCN(C3CC3)CC2)c(C)c1. The minimum absolute atomic E-state index is 0.289. The Bertz CT molecular complexity index is 473. The average Bonchev–Trinajstić information content (AvgIpc) is 3.32. The highest BCUT2D eigenvalue weighted by atomic mass is 15.3. The number of benzene rings is 1. The minimum atomic E-state index is 0.289. The van der Waals surface area contributed by atoms with Gasteiger partial charge in [-0.15, -0.1) is 0 Å². The van der Waals surface area contributed by atoms with Crippen LogP contribution in [0.5, 0.6) is 0 Å². The molecule has 1 unspecified atom stereocenters. The fourth-order valence-corrected chi connectivity index (χ4v) is 3.41. The van der Waals surface area contributed by atoms with Gasteiger partial charge >= 0.3 is 0 Å². The van der Waals surface area contributed by atoms with E-state index in [0.717, 1.165) is 18.9 Å². The molecular formula is C18H29N3. The molecule has 2 N–H and O–H groups in total. The molecular weight excluding hydrogens is 258 g/mol. The molecule has 116 valence electrons. The lowest BCUT2D eigenvalue weighted by Gasteiger charge is -2.37. The molecule has 2 aliphatic rings. The van der Waals surface area contributed by atoms with Gasteiger partial charge in [0.25, 0.3) is 0 Å². The summed E-state index contributed by atoms with van der Waals surface area (Å²) < 4.78 is 0. The number of rotatable bonds is 5. The Labute approximate surface area is 129 Å². The van der Waals surface area contributed by atoms with Gasteiger partial charge in [-0.2, -0.15) is 0 Å². The van der Waals surface area contributed by atoms with Crippen LogP contribution in [0.3, 0.4) is 0 Å². The summed E-state index contributed by atoms with van der Waals surface area (Å²) in [7, 11) is 0. The molecule has 3 rings (SSSR count). The lowest BCUT2D eigenvalue weighted by atomic mass is 10.0. The van der Waals surface area contributed by atoms with Crippen molar-refractivity contribution in [1.82, 2.24) is 4.90 Å². The lowest BCUT2D eigenvalue weighted by Crippen LogP contribution is -2.47. The van der Waals surface area contributed by atoms with E-state index in [0.29, 0.717) is 0 Å². The van der Waals surface area contributed by atoms with E-state index < -0.39 is 0 Å². The molecule has 3 heteroatoms. The Morgan fingerprint density at radius 3 is 2.48 bits per heavy atom. The highest BCUT2D eigenvalue weighted by Crippen LogP contribution is 2.29. The zero-order valence-corrected chi connectivity index (χ0v) is 13.5. The molecule has 1 heterocycles. The molecule has 1 atom stereocenters. The summed E-state index contributed by atoms with van der Waals surface area (Å²) in [5.41, 5.74) is 10.3. The number of hydrogen-bond acceptors (Lipinski definition) is 3. The van der Waals surface area contributed by atoms with Crippen molar-refractivity contribution in [1.29, 1.82) is 0 Å². The van der Waals surface area contributed by atoms with Crippen LogP contribution in [0.4, 0.5) is 5.69 Å². The molecule has 0 aromatic heterocycles. The highest BCUT2D eigenvalue weighted by molar-refractivity contribution is 5.55. The normalized spacial score (nSPS) is 21.6. The van der Waals surface area contributed by atoms with Gasteiger partial charge in [-0.25, -0.2) is 0 Å². The Kier molecular flexibility index (Phi) is 4.51. The zero-order valence-electron chi connectivity index (χ0n) is 13.5. The minimum Gasteiger partial charge on any atom is -0.369 e. The van der Waals surface area contributed by atoms with Gasteiger partial charge in [-0.1, -0.05) is 19.1 Å². The molecule has 1 aromatic carbocycles. The molecule has 2 fully saturated rings. The van der Waals surface area contributed by atoms with Crippen LogP contribution < -0.4 is 10.6 Å². The largest absolute Gasteiger partial charge is 0.369 e. The van der Waals surface area contributed by atoms with Crippen molar-refractivity contribution < 1.29 is 0 Å². The number of aryl methyl sites for hydroxylation is 1. The predicted octanol–water partition coefficient (Wildman–Crippen LogP) is 2.56. The van der Waals surface area contributed by atoms with Crippen LogP contribution in [-0.4, -0.2) is 43.2 Å². The van der Waals surface area contributed by atoms with Gasteiger partial charge in [-0.05, 0) is 49.8 Å². The Hall–Kier alpha value is -1.06. The molecule has 0 bridgehead atoms. The van der Waals surface area contributed by atoms with Crippen molar-refractivity contribution in [3.05, 3.63) is 29.3 Å². The molecule has 1 saturated heterocycles. The van der Waals surface area contributed by atoms with E-state index in [1.165, 1.54) is 55.8 Å². The molecule has 1 saturated carbocycles. The van der Waals surface area contributed by atoms with E-state index in [2.05, 4.69) is 41.8 Å². The number of piperazine rings is 1. The summed E-state index contributed by atoms with van der Waals surface area (Å²) in [5, 5.41) is 0. The summed E-state index contributed by atoms with van der Waals surface area (Å²) in [6.45, 7) is 9.20. The summed E-state index contributed by atoms with van der Waals surface area (Å²) in [6.07, 6.45) is 4.88. The molecule has 3 nitrogen and oxygen atoms in total. The zero-order chi connectivity index (χ0) is 14.8. The smallest absolute Gasteiger partial charge is 0.0397 e. The topological polar surface area (TPSA) is 32.5 Å². The Morgan fingerprint density at radius 1 is 1.19 bits per heavy atom. The standard InChI is InChI=1S/C18H29N3/c1-3-16(19)13-15-4-7-18(14(2)12-15)21-10-8-20(9-11-21)17-5-6-17/h4,7,12,16-17H,3,5-6,8-11,13,19H2,1-2H3. The van der Waals surface area contributed by atoms with E-state index in [1.54, 1.807) is 0 Å². The second kappa shape index (κ2) is 6.37. The molecule has 0 amide bonds. The van der Waals surface area contributed by atoms with E-state index >= 15 is 0 Å². The summed E-state index contributed by atoms with van der Waals surface area (Å²) in [6, 6.07) is 8.10.